The average molecular weight is 307 g/mol. The molecule has 1 N–H and O–H groups in total. The van der Waals surface area contributed by atoms with E-state index in [9.17, 15) is 14.9 Å². The number of hydrogen-bond donors (Lipinski definition) is 1. The number of ether oxygens (including phenoxy) is 1. The van der Waals surface area contributed by atoms with Crippen LogP contribution in [0.1, 0.15) is 19.4 Å². The summed E-state index contributed by atoms with van der Waals surface area (Å²) in [6.07, 6.45) is 0.189. The van der Waals surface area contributed by atoms with Gasteiger partial charge >= 0.3 is 0 Å². The number of hydrogen-bond acceptors (Lipinski definition) is 5. The zero-order valence-electron chi connectivity index (χ0n) is 13.0. The molecule has 0 aliphatic carbocycles. The monoisotopic (exact) mass is 307 g/mol. The molecule has 1 aromatic carbocycles. The van der Waals surface area contributed by atoms with Gasteiger partial charge in [0.15, 0.2) is 0 Å². The second-order valence-electron chi connectivity index (χ2n) is 5.76. The van der Waals surface area contributed by atoms with Crippen LogP contribution in [-0.4, -0.2) is 47.6 Å². The van der Waals surface area contributed by atoms with Crippen LogP contribution in [0.4, 0.5) is 11.4 Å². The summed E-state index contributed by atoms with van der Waals surface area (Å²) >= 11 is 0. The highest BCUT2D eigenvalue weighted by Crippen LogP contribution is 2.22. The van der Waals surface area contributed by atoms with Gasteiger partial charge in [-0.3, -0.25) is 19.8 Å². The Kier molecular flexibility index (Phi) is 5.10. The molecule has 0 radical (unpaired) electrons. The summed E-state index contributed by atoms with van der Waals surface area (Å²) in [7, 11) is 0. The molecule has 1 aliphatic heterocycles. The van der Waals surface area contributed by atoms with Crippen LogP contribution in [0.2, 0.25) is 0 Å². The molecule has 1 saturated heterocycles. The number of nitrogens with one attached hydrogen (secondary N) is 1. The summed E-state index contributed by atoms with van der Waals surface area (Å²) in [6.45, 7) is 7.27. The molecule has 7 heteroatoms. The first kappa shape index (κ1) is 16.4. The molecule has 1 fully saturated rings. The maximum Gasteiger partial charge on any atom is 0.274 e. The van der Waals surface area contributed by atoms with Gasteiger partial charge in [-0.15, -0.1) is 0 Å². The van der Waals surface area contributed by atoms with Crippen molar-refractivity contribution in [3.05, 3.63) is 33.9 Å². The van der Waals surface area contributed by atoms with Crippen molar-refractivity contribution in [2.75, 3.05) is 25.0 Å². The maximum atomic E-state index is 12.1. The summed E-state index contributed by atoms with van der Waals surface area (Å²) in [5.74, 6) is -0.181. The van der Waals surface area contributed by atoms with E-state index in [2.05, 4.69) is 5.32 Å². The van der Waals surface area contributed by atoms with E-state index in [1.54, 1.807) is 19.1 Å². The van der Waals surface area contributed by atoms with Crippen LogP contribution in [-0.2, 0) is 9.53 Å². The summed E-state index contributed by atoms with van der Waals surface area (Å²) in [4.78, 5) is 24.6. The zero-order valence-corrected chi connectivity index (χ0v) is 13.0. The molecule has 1 amide bonds. The van der Waals surface area contributed by atoms with Crippen molar-refractivity contribution in [2.45, 2.75) is 33.0 Å². The molecule has 0 spiro atoms. The lowest BCUT2D eigenvalue weighted by Crippen LogP contribution is -2.48. The molecule has 2 rings (SSSR count). The fourth-order valence-corrected chi connectivity index (χ4v) is 2.70. The molecule has 120 valence electrons. The van der Waals surface area contributed by atoms with Gasteiger partial charge < -0.3 is 10.1 Å². The predicted octanol–water partition coefficient (Wildman–Crippen LogP) is 1.95. The van der Waals surface area contributed by atoms with Crippen LogP contribution in [0, 0.1) is 17.0 Å². The summed E-state index contributed by atoms with van der Waals surface area (Å²) in [5, 5.41) is 13.6. The highest BCUT2D eigenvalue weighted by atomic mass is 16.6. The van der Waals surface area contributed by atoms with E-state index in [1.165, 1.54) is 6.07 Å². The van der Waals surface area contributed by atoms with E-state index < -0.39 is 4.92 Å². The summed E-state index contributed by atoms with van der Waals surface area (Å²) in [6, 6.07) is 4.69. The third-order valence-electron chi connectivity index (χ3n) is 3.55. The van der Waals surface area contributed by atoms with Crippen LogP contribution in [0.5, 0.6) is 0 Å². The highest BCUT2D eigenvalue weighted by molar-refractivity contribution is 5.92. The molecular weight excluding hydrogens is 286 g/mol. The summed E-state index contributed by atoms with van der Waals surface area (Å²) < 4.78 is 5.62. The van der Waals surface area contributed by atoms with E-state index in [-0.39, 0.29) is 30.3 Å². The van der Waals surface area contributed by atoms with Gasteiger partial charge in [0, 0.05) is 30.4 Å². The lowest BCUT2D eigenvalue weighted by molar-refractivity contribution is -0.385. The second-order valence-corrected chi connectivity index (χ2v) is 5.76. The van der Waals surface area contributed by atoms with Crippen molar-refractivity contribution < 1.29 is 14.5 Å². The zero-order chi connectivity index (χ0) is 16.3. The fourth-order valence-electron chi connectivity index (χ4n) is 2.70. The minimum absolute atomic E-state index is 0.00594. The van der Waals surface area contributed by atoms with Crippen molar-refractivity contribution in [1.29, 1.82) is 0 Å². The Morgan fingerprint density at radius 3 is 2.64 bits per heavy atom. The number of amides is 1. The third kappa shape index (κ3) is 4.25. The molecule has 0 bridgehead atoms. The Labute approximate surface area is 129 Å². The van der Waals surface area contributed by atoms with Crippen LogP contribution < -0.4 is 5.32 Å². The van der Waals surface area contributed by atoms with Crippen LogP contribution in [0.15, 0.2) is 18.2 Å². The predicted molar refractivity (Wildman–Crippen MR) is 82.9 cm³/mol. The Bertz CT molecular complexity index is 566. The average Bonchev–Trinajstić information content (AvgIpc) is 2.39. The number of carbonyl (C=O) groups is 1. The van der Waals surface area contributed by atoms with Crippen molar-refractivity contribution >= 4 is 17.3 Å². The largest absolute Gasteiger partial charge is 0.373 e. The quantitative estimate of drug-likeness (QED) is 0.679. The van der Waals surface area contributed by atoms with E-state index in [0.717, 1.165) is 0 Å². The van der Waals surface area contributed by atoms with Gasteiger partial charge in [-0.1, -0.05) is 6.07 Å². The molecule has 0 aromatic heterocycles. The number of nitro groups is 1. The van der Waals surface area contributed by atoms with Crippen LogP contribution >= 0.6 is 0 Å². The normalized spacial score (nSPS) is 22.3. The maximum absolute atomic E-state index is 12.1. The second kappa shape index (κ2) is 6.85. The Balaban J connectivity index is 1.97. The topological polar surface area (TPSA) is 84.7 Å². The SMILES string of the molecule is Cc1ccc(NC(=O)CN2C[C@@H](C)O[C@@H](C)C2)cc1[N+](=O)[O-]. The number of anilines is 1. The third-order valence-corrected chi connectivity index (χ3v) is 3.55. The first-order valence-electron chi connectivity index (χ1n) is 7.28. The van der Waals surface area contributed by atoms with Crippen molar-refractivity contribution in [1.82, 2.24) is 4.90 Å². The number of aryl methyl sites for hydroxylation is 1. The molecule has 0 saturated carbocycles. The van der Waals surface area contributed by atoms with Gasteiger partial charge in [0.1, 0.15) is 0 Å². The standard InChI is InChI=1S/C15H21N3O4/c1-10-4-5-13(6-14(10)18(20)21)16-15(19)9-17-7-11(2)22-12(3)8-17/h4-6,11-12H,7-9H2,1-3H3,(H,16,19)/t11-,12+. The number of nitrogens with zero attached hydrogens (tertiary/aromatic N) is 2. The number of benzene rings is 1. The van der Waals surface area contributed by atoms with E-state index >= 15 is 0 Å². The lowest BCUT2D eigenvalue weighted by Gasteiger charge is -2.34. The Morgan fingerprint density at radius 2 is 2.05 bits per heavy atom. The van der Waals surface area contributed by atoms with E-state index in [1.807, 2.05) is 18.7 Å². The highest BCUT2D eigenvalue weighted by Gasteiger charge is 2.23. The van der Waals surface area contributed by atoms with Gasteiger partial charge in [-0.05, 0) is 26.8 Å². The first-order valence-corrected chi connectivity index (χ1v) is 7.28. The Morgan fingerprint density at radius 1 is 1.41 bits per heavy atom. The molecule has 2 atom stereocenters. The fraction of sp³-hybridized carbons (Fsp3) is 0.533. The van der Waals surface area contributed by atoms with Gasteiger partial charge in [0.2, 0.25) is 5.91 Å². The number of morpholine rings is 1. The smallest absolute Gasteiger partial charge is 0.274 e. The molecule has 1 aromatic rings. The molecule has 1 aliphatic rings. The van der Waals surface area contributed by atoms with Crippen molar-refractivity contribution in [3.8, 4) is 0 Å². The lowest BCUT2D eigenvalue weighted by atomic mass is 10.2. The minimum Gasteiger partial charge on any atom is -0.373 e. The number of rotatable bonds is 4. The van der Waals surface area contributed by atoms with Gasteiger partial charge in [-0.25, -0.2) is 0 Å². The molecule has 0 unspecified atom stereocenters. The van der Waals surface area contributed by atoms with Crippen molar-refractivity contribution in [2.24, 2.45) is 0 Å². The number of nitro benzene ring substituents is 1. The molecule has 1 heterocycles. The minimum atomic E-state index is -0.448. The van der Waals surface area contributed by atoms with Crippen LogP contribution in [0.3, 0.4) is 0 Å². The van der Waals surface area contributed by atoms with Gasteiger partial charge in [0.05, 0.1) is 23.7 Å². The molecule has 7 nitrogen and oxygen atoms in total. The number of carbonyl (C=O) groups excluding carboxylic acids is 1. The van der Waals surface area contributed by atoms with Crippen molar-refractivity contribution in [3.63, 3.8) is 0 Å². The van der Waals surface area contributed by atoms with E-state index in [0.29, 0.717) is 24.3 Å². The Hall–Kier alpha value is -1.99. The first-order chi connectivity index (χ1) is 10.3. The van der Waals surface area contributed by atoms with Gasteiger partial charge in [-0.2, -0.15) is 0 Å². The van der Waals surface area contributed by atoms with Gasteiger partial charge in [0.25, 0.3) is 5.69 Å². The summed E-state index contributed by atoms with van der Waals surface area (Å²) in [5.41, 5.74) is 1.02. The van der Waals surface area contributed by atoms with E-state index in [4.69, 9.17) is 4.74 Å². The molecule has 22 heavy (non-hydrogen) atoms. The van der Waals surface area contributed by atoms with Crippen LogP contribution in [0.25, 0.3) is 0 Å². The molecular formula is C15H21N3O4.